The fourth-order valence-corrected chi connectivity index (χ4v) is 3.16. The zero-order chi connectivity index (χ0) is 16.5. The molecule has 1 unspecified atom stereocenters. The SMILES string of the molecule is Cc1cc(OCc2cc3c(cnn3C3CCCCO3)cc2Cl)no1. The van der Waals surface area contributed by atoms with E-state index in [1.54, 1.807) is 6.07 Å². The molecule has 0 aliphatic carbocycles. The zero-order valence-electron chi connectivity index (χ0n) is 13.4. The van der Waals surface area contributed by atoms with Gasteiger partial charge in [-0.1, -0.05) is 11.6 Å². The number of fused-ring (bicyclic) bond motifs is 1. The molecule has 1 saturated heterocycles. The molecule has 0 bridgehead atoms. The van der Waals surface area contributed by atoms with Gasteiger partial charge in [-0.2, -0.15) is 5.10 Å². The van der Waals surface area contributed by atoms with Crippen molar-refractivity contribution >= 4 is 22.5 Å². The smallest absolute Gasteiger partial charge is 0.254 e. The molecule has 0 amide bonds. The number of aromatic nitrogens is 3. The molecule has 4 rings (SSSR count). The molecule has 3 aromatic rings. The van der Waals surface area contributed by atoms with Gasteiger partial charge in [0.1, 0.15) is 12.4 Å². The highest BCUT2D eigenvalue weighted by molar-refractivity contribution is 6.32. The lowest BCUT2D eigenvalue weighted by Gasteiger charge is -2.23. The van der Waals surface area contributed by atoms with E-state index in [-0.39, 0.29) is 6.23 Å². The highest BCUT2D eigenvalue weighted by Gasteiger charge is 2.19. The lowest BCUT2D eigenvalue weighted by molar-refractivity contribution is -0.0366. The first-order valence-electron chi connectivity index (χ1n) is 8.04. The number of nitrogens with zero attached hydrogens (tertiary/aromatic N) is 3. The molecular weight excluding hydrogens is 330 g/mol. The van der Waals surface area contributed by atoms with Crippen molar-refractivity contribution in [2.24, 2.45) is 0 Å². The number of rotatable bonds is 4. The molecule has 7 heteroatoms. The van der Waals surface area contributed by atoms with Crippen LogP contribution in [0.3, 0.4) is 0 Å². The summed E-state index contributed by atoms with van der Waals surface area (Å²) in [7, 11) is 0. The van der Waals surface area contributed by atoms with Crippen LogP contribution in [-0.2, 0) is 11.3 Å². The van der Waals surface area contributed by atoms with Crippen LogP contribution in [0.1, 0.15) is 36.8 Å². The summed E-state index contributed by atoms with van der Waals surface area (Å²) in [4.78, 5) is 0. The Balaban J connectivity index is 1.61. The molecule has 0 N–H and O–H groups in total. The van der Waals surface area contributed by atoms with E-state index in [2.05, 4.69) is 10.3 Å². The number of hydrogen-bond donors (Lipinski definition) is 0. The van der Waals surface area contributed by atoms with Crippen molar-refractivity contribution < 1.29 is 14.0 Å². The second kappa shape index (κ2) is 6.45. The van der Waals surface area contributed by atoms with Crippen LogP contribution in [0.2, 0.25) is 5.02 Å². The van der Waals surface area contributed by atoms with E-state index >= 15 is 0 Å². The molecule has 0 radical (unpaired) electrons. The highest BCUT2D eigenvalue weighted by Crippen LogP contribution is 2.30. The van der Waals surface area contributed by atoms with Crippen LogP contribution < -0.4 is 4.74 Å². The van der Waals surface area contributed by atoms with Gasteiger partial charge in [0.15, 0.2) is 6.23 Å². The Bertz CT molecular complexity index is 852. The second-order valence-electron chi connectivity index (χ2n) is 5.98. The first-order valence-corrected chi connectivity index (χ1v) is 8.42. The average molecular weight is 348 g/mol. The van der Waals surface area contributed by atoms with Crippen molar-refractivity contribution in [1.82, 2.24) is 14.9 Å². The minimum atomic E-state index is -0.00983. The normalized spacial score (nSPS) is 18.2. The van der Waals surface area contributed by atoms with Crippen LogP contribution in [0.15, 0.2) is 28.9 Å². The predicted molar refractivity (Wildman–Crippen MR) is 89.2 cm³/mol. The molecule has 0 spiro atoms. The molecule has 6 nitrogen and oxygen atoms in total. The van der Waals surface area contributed by atoms with Gasteiger partial charge in [-0.05, 0) is 43.5 Å². The number of aryl methyl sites for hydroxylation is 1. The van der Waals surface area contributed by atoms with Crippen molar-refractivity contribution in [1.29, 1.82) is 0 Å². The molecule has 1 aliphatic rings. The molecule has 126 valence electrons. The van der Waals surface area contributed by atoms with E-state index in [1.807, 2.05) is 29.9 Å². The van der Waals surface area contributed by atoms with Crippen LogP contribution in [0.5, 0.6) is 5.88 Å². The van der Waals surface area contributed by atoms with Gasteiger partial charge in [-0.25, -0.2) is 4.68 Å². The second-order valence-corrected chi connectivity index (χ2v) is 6.38. The predicted octanol–water partition coefficient (Wildman–Crippen LogP) is 4.26. The van der Waals surface area contributed by atoms with E-state index in [9.17, 15) is 0 Å². The summed E-state index contributed by atoms with van der Waals surface area (Å²) in [6.45, 7) is 2.92. The van der Waals surface area contributed by atoms with Crippen molar-refractivity contribution in [3.8, 4) is 5.88 Å². The summed E-state index contributed by atoms with van der Waals surface area (Å²) >= 11 is 6.38. The van der Waals surface area contributed by atoms with E-state index in [0.29, 0.717) is 23.3 Å². The molecule has 24 heavy (non-hydrogen) atoms. The Morgan fingerprint density at radius 1 is 1.33 bits per heavy atom. The molecule has 2 aromatic heterocycles. The van der Waals surface area contributed by atoms with E-state index in [4.69, 9.17) is 25.6 Å². The van der Waals surface area contributed by atoms with Gasteiger partial charge in [0, 0.05) is 28.6 Å². The van der Waals surface area contributed by atoms with Crippen LogP contribution in [0.4, 0.5) is 0 Å². The van der Waals surface area contributed by atoms with Crippen LogP contribution >= 0.6 is 11.6 Å². The number of hydrogen-bond acceptors (Lipinski definition) is 5. The van der Waals surface area contributed by atoms with E-state index in [0.717, 1.165) is 42.3 Å². The van der Waals surface area contributed by atoms with Gasteiger partial charge in [-0.3, -0.25) is 0 Å². The standard InChI is InChI=1S/C17H18ClN3O3/c1-11-6-16(20-24-11)23-10-13-8-15-12(7-14(13)18)9-19-21(15)17-4-2-3-5-22-17/h6-9,17H,2-5,10H2,1H3. The van der Waals surface area contributed by atoms with E-state index in [1.165, 1.54) is 0 Å². The Hall–Kier alpha value is -2.05. The van der Waals surface area contributed by atoms with Gasteiger partial charge in [-0.15, -0.1) is 0 Å². The van der Waals surface area contributed by atoms with Gasteiger partial charge in [0.25, 0.3) is 5.88 Å². The number of ether oxygens (including phenoxy) is 2. The molecule has 1 aromatic carbocycles. The quantitative estimate of drug-likeness (QED) is 0.705. The molecule has 1 fully saturated rings. The fraction of sp³-hybridized carbons (Fsp3) is 0.412. The minimum absolute atomic E-state index is 0.00983. The average Bonchev–Trinajstić information content (AvgIpc) is 3.19. The van der Waals surface area contributed by atoms with Gasteiger partial charge in [0.05, 0.1) is 11.7 Å². The topological polar surface area (TPSA) is 62.3 Å². The Kier molecular flexibility index (Phi) is 4.16. The third-order valence-corrected chi connectivity index (χ3v) is 4.53. The number of benzene rings is 1. The van der Waals surface area contributed by atoms with Crippen molar-refractivity contribution in [2.45, 2.75) is 39.0 Å². The summed E-state index contributed by atoms with van der Waals surface area (Å²) in [6, 6.07) is 5.66. The summed E-state index contributed by atoms with van der Waals surface area (Å²) in [5.41, 5.74) is 1.88. The third kappa shape index (κ3) is 2.99. The summed E-state index contributed by atoms with van der Waals surface area (Å²) < 4.78 is 18.4. The van der Waals surface area contributed by atoms with Crippen LogP contribution in [0, 0.1) is 6.92 Å². The summed E-state index contributed by atoms with van der Waals surface area (Å²) in [5.74, 6) is 1.16. The maximum Gasteiger partial charge on any atom is 0.254 e. The molecule has 1 atom stereocenters. The first-order chi connectivity index (χ1) is 11.7. The van der Waals surface area contributed by atoms with Crippen molar-refractivity contribution in [3.63, 3.8) is 0 Å². The maximum atomic E-state index is 6.38. The molecule has 3 heterocycles. The summed E-state index contributed by atoms with van der Waals surface area (Å²) in [6.07, 6.45) is 5.05. The maximum absolute atomic E-state index is 6.38. The lowest BCUT2D eigenvalue weighted by Crippen LogP contribution is -2.19. The van der Waals surface area contributed by atoms with Crippen LogP contribution in [-0.4, -0.2) is 21.5 Å². The van der Waals surface area contributed by atoms with Crippen molar-refractivity contribution in [3.05, 3.63) is 40.7 Å². The fourth-order valence-electron chi connectivity index (χ4n) is 2.93. The third-order valence-electron chi connectivity index (χ3n) is 4.17. The first kappa shape index (κ1) is 15.5. The Morgan fingerprint density at radius 3 is 3.00 bits per heavy atom. The van der Waals surface area contributed by atoms with Crippen LogP contribution in [0.25, 0.3) is 10.9 Å². The Morgan fingerprint density at radius 2 is 2.25 bits per heavy atom. The van der Waals surface area contributed by atoms with Crippen molar-refractivity contribution in [2.75, 3.05) is 6.61 Å². The van der Waals surface area contributed by atoms with Gasteiger partial charge >= 0.3 is 0 Å². The monoisotopic (exact) mass is 347 g/mol. The largest absolute Gasteiger partial charge is 0.471 e. The molecule has 0 saturated carbocycles. The Labute approximate surface area is 144 Å². The molecular formula is C17H18ClN3O3. The van der Waals surface area contributed by atoms with Gasteiger partial charge in [0.2, 0.25) is 0 Å². The number of halogens is 1. The zero-order valence-corrected chi connectivity index (χ0v) is 14.1. The summed E-state index contributed by atoms with van der Waals surface area (Å²) in [5, 5.41) is 9.95. The van der Waals surface area contributed by atoms with E-state index < -0.39 is 0 Å². The van der Waals surface area contributed by atoms with Gasteiger partial charge < -0.3 is 14.0 Å². The lowest BCUT2D eigenvalue weighted by atomic mass is 10.1. The molecule has 1 aliphatic heterocycles. The minimum Gasteiger partial charge on any atom is -0.471 e. The highest BCUT2D eigenvalue weighted by atomic mass is 35.5.